The number of carbonyl (C=O) groups is 2. The molecular weight excluding hydrogens is 366 g/mol. The molecule has 1 fully saturated rings. The largest absolute Gasteiger partial charge is 0.348 e. The fraction of sp³-hybridized carbons (Fsp3) is 0.261. The molecular formula is C23H23N3O3. The van der Waals surface area contributed by atoms with Gasteiger partial charge in [-0.25, -0.2) is 0 Å². The molecule has 1 saturated carbocycles. The number of anilines is 1. The van der Waals surface area contributed by atoms with Crippen LogP contribution in [0.15, 0.2) is 47.3 Å². The Kier molecular flexibility index (Phi) is 4.92. The highest BCUT2D eigenvalue weighted by molar-refractivity contribution is 6.08. The third kappa shape index (κ3) is 4.06. The van der Waals surface area contributed by atoms with Crippen molar-refractivity contribution in [3.8, 4) is 0 Å². The number of aromatic amines is 1. The van der Waals surface area contributed by atoms with Gasteiger partial charge >= 0.3 is 0 Å². The van der Waals surface area contributed by atoms with Crippen LogP contribution in [0.3, 0.4) is 0 Å². The van der Waals surface area contributed by atoms with Crippen LogP contribution in [0.5, 0.6) is 0 Å². The lowest BCUT2D eigenvalue weighted by Gasteiger charge is -2.14. The zero-order valence-corrected chi connectivity index (χ0v) is 16.5. The van der Waals surface area contributed by atoms with Crippen molar-refractivity contribution in [1.82, 2.24) is 10.3 Å². The van der Waals surface area contributed by atoms with E-state index in [4.69, 9.17) is 0 Å². The average Bonchev–Trinajstić information content (AvgIpc) is 3.51. The van der Waals surface area contributed by atoms with E-state index in [1.807, 2.05) is 50.2 Å². The molecule has 0 radical (unpaired) electrons. The van der Waals surface area contributed by atoms with Crippen molar-refractivity contribution in [3.63, 3.8) is 0 Å². The van der Waals surface area contributed by atoms with Crippen LogP contribution in [0.25, 0.3) is 10.8 Å². The van der Waals surface area contributed by atoms with Crippen molar-refractivity contribution in [3.05, 3.63) is 75.2 Å². The van der Waals surface area contributed by atoms with Gasteiger partial charge in [0.25, 0.3) is 11.5 Å². The molecule has 0 bridgehead atoms. The maximum Gasteiger partial charge on any atom is 0.253 e. The summed E-state index contributed by atoms with van der Waals surface area (Å²) in [5, 5.41) is 7.59. The van der Waals surface area contributed by atoms with E-state index in [9.17, 15) is 14.4 Å². The molecule has 0 spiro atoms. The molecule has 148 valence electrons. The maximum absolute atomic E-state index is 13.0. The summed E-state index contributed by atoms with van der Waals surface area (Å²) in [5.41, 5.74) is 2.80. The first-order chi connectivity index (χ1) is 13.9. The molecule has 2 aromatic carbocycles. The molecule has 0 atom stereocenters. The molecule has 4 rings (SSSR count). The number of hydrogen-bond acceptors (Lipinski definition) is 3. The molecule has 0 unspecified atom stereocenters. The number of pyridine rings is 1. The number of H-pyrrole nitrogens is 1. The van der Waals surface area contributed by atoms with Gasteiger partial charge in [-0.2, -0.15) is 0 Å². The van der Waals surface area contributed by atoms with Crippen LogP contribution >= 0.6 is 0 Å². The van der Waals surface area contributed by atoms with E-state index in [2.05, 4.69) is 15.6 Å². The first-order valence-electron chi connectivity index (χ1n) is 9.73. The minimum absolute atomic E-state index is 0.0335. The van der Waals surface area contributed by atoms with Crippen molar-refractivity contribution in [1.29, 1.82) is 0 Å². The van der Waals surface area contributed by atoms with E-state index in [0.29, 0.717) is 16.8 Å². The molecule has 1 heterocycles. The first kappa shape index (κ1) is 18.9. The van der Waals surface area contributed by atoms with Gasteiger partial charge in [-0.3, -0.25) is 14.4 Å². The lowest BCUT2D eigenvalue weighted by Crippen LogP contribution is -2.29. The van der Waals surface area contributed by atoms with Crippen molar-refractivity contribution < 1.29 is 9.59 Å². The van der Waals surface area contributed by atoms with Gasteiger partial charge in [0.15, 0.2) is 0 Å². The second-order valence-corrected chi connectivity index (χ2v) is 7.63. The summed E-state index contributed by atoms with van der Waals surface area (Å²) >= 11 is 0. The molecule has 0 aliphatic heterocycles. The van der Waals surface area contributed by atoms with Crippen LogP contribution in [-0.2, 0) is 11.3 Å². The first-order valence-corrected chi connectivity index (χ1v) is 9.73. The van der Waals surface area contributed by atoms with Crippen LogP contribution in [-0.4, -0.2) is 16.8 Å². The molecule has 1 aliphatic rings. The topological polar surface area (TPSA) is 91.1 Å². The van der Waals surface area contributed by atoms with Gasteiger partial charge in [0.2, 0.25) is 5.91 Å². The van der Waals surface area contributed by atoms with Gasteiger partial charge in [-0.1, -0.05) is 24.3 Å². The highest BCUT2D eigenvalue weighted by Crippen LogP contribution is 2.32. The Labute approximate surface area is 168 Å². The number of carbonyl (C=O) groups excluding carboxylic acids is 2. The Balaban J connectivity index is 1.63. The normalized spacial score (nSPS) is 13.3. The molecule has 2 amide bonds. The molecule has 3 N–H and O–H groups in total. The van der Waals surface area contributed by atoms with Crippen LogP contribution in [0.4, 0.5) is 5.69 Å². The van der Waals surface area contributed by atoms with E-state index in [0.717, 1.165) is 34.9 Å². The van der Waals surface area contributed by atoms with E-state index < -0.39 is 0 Å². The Morgan fingerprint density at radius 1 is 1.07 bits per heavy atom. The number of fused-ring (bicyclic) bond motifs is 1. The number of aromatic nitrogens is 1. The molecule has 29 heavy (non-hydrogen) atoms. The standard InChI is InChI=1S/C23H23N3O3/c1-13-9-14(2)25-23(29)19(13)12-24-22(28)18-10-16-5-3-4-6-17(16)11-20(18)26-21(27)15-7-8-15/h3-6,9-11,15H,7-8,12H2,1-2H3,(H,24,28)(H,25,29)(H,26,27). The lowest BCUT2D eigenvalue weighted by atomic mass is 10.0. The predicted octanol–water partition coefficient (Wildman–Crippen LogP) is 3.42. The number of rotatable bonds is 5. The molecule has 1 aliphatic carbocycles. The van der Waals surface area contributed by atoms with Crippen molar-refractivity contribution >= 4 is 28.3 Å². The number of benzene rings is 2. The fourth-order valence-electron chi connectivity index (χ4n) is 3.48. The summed E-state index contributed by atoms with van der Waals surface area (Å²) < 4.78 is 0. The highest BCUT2D eigenvalue weighted by atomic mass is 16.2. The van der Waals surface area contributed by atoms with Crippen LogP contribution in [0.1, 0.15) is 40.0 Å². The summed E-state index contributed by atoms with van der Waals surface area (Å²) in [7, 11) is 0. The molecule has 0 saturated heterocycles. The summed E-state index contributed by atoms with van der Waals surface area (Å²) in [6.45, 7) is 3.78. The Hall–Kier alpha value is -3.41. The van der Waals surface area contributed by atoms with E-state index in [1.54, 1.807) is 6.07 Å². The van der Waals surface area contributed by atoms with Crippen molar-refractivity contribution in [2.75, 3.05) is 5.32 Å². The van der Waals surface area contributed by atoms with Gasteiger partial charge in [0, 0.05) is 23.7 Å². The summed E-state index contributed by atoms with van der Waals surface area (Å²) in [6.07, 6.45) is 1.77. The zero-order chi connectivity index (χ0) is 20.5. The Morgan fingerprint density at radius 2 is 1.76 bits per heavy atom. The minimum atomic E-state index is -0.332. The maximum atomic E-state index is 13.0. The third-order valence-corrected chi connectivity index (χ3v) is 5.26. The third-order valence-electron chi connectivity index (χ3n) is 5.26. The van der Waals surface area contributed by atoms with Crippen LogP contribution < -0.4 is 16.2 Å². The van der Waals surface area contributed by atoms with E-state index in [-0.39, 0.29) is 29.8 Å². The van der Waals surface area contributed by atoms with Crippen molar-refractivity contribution in [2.45, 2.75) is 33.2 Å². The second-order valence-electron chi connectivity index (χ2n) is 7.63. The van der Waals surface area contributed by atoms with E-state index >= 15 is 0 Å². The summed E-state index contributed by atoms with van der Waals surface area (Å²) in [4.78, 5) is 40.2. The minimum Gasteiger partial charge on any atom is -0.348 e. The average molecular weight is 389 g/mol. The van der Waals surface area contributed by atoms with Gasteiger partial charge in [0.05, 0.1) is 11.3 Å². The Bertz CT molecular complexity index is 1180. The molecule has 3 aromatic rings. The Morgan fingerprint density at radius 3 is 2.41 bits per heavy atom. The SMILES string of the molecule is Cc1cc(C)c(CNC(=O)c2cc3ccccc3cc2NC(=O)C2CC2)c(=O)[nH]1. The number of nitrogens with one attached hydrogen (secondary N) is 3. The summed E-state index contributed by atoms with van der Waals surface area (Å²) in [5.74, 6) is -0.354. The molecule has 6 heteroatoms. The van der Waals surface area contributed by atoms with Crippen LogP contribution in [0.2, 0.25) is 0 Å². The number of amides is 2. The number of aryl methyl sites for hydroxylation is 2. The molecule has 1 aromatic heterocycles. The van der Waals surface area contributed by atoms with Gasteiger partial charge in [0.1, 0.15) is 0 Å². The quantitative estimate of drug-likeness (QED) is 0.624. The van der Waals surface area contributed by atoms with Gasteiger partial charge < -0.3 is 15.6 Å². The van der Waals surface area contributed by atoms with Crippen LogP contribution in [0, 0.1) is 19.8 Å². The lowest BCUT2D eigenvalue weighted by molar-refractivity contribution is -0.117. The fourth-order valence-corrected chi connectivity index (χ4v) is 3.48. The number of hydrogen-bond donors (Lipinski definition) is 3. The van der Waals surface area contributed by atoms with Gasteiger partial charge in [-0.05, 0) is 61.2 Å². The predicted molar refractivity (Wildman–Crippen MR) is 113 cm³/mol. The summed E-state index contributed by atoms with van der Waals surface area (Å²) in [6, 6.07) is 13.2. The smallest absolute Gasteiger partial charge is 0.253 e. The van der Waals surface area contributed by atoms with E-state index in [1.165, 1.54) is 0 Å². The van der Waals surface area contributed by atoms with Gasteiger partial charge in [-0.15, -0.1) is 0 Å². The highest BCUT2D eigenvalue weighted by Gasteiger charge is 2.30. The zero-order valence-electron chi connectivity index (χ0n) is 16.5. The molecule has 6 nitrogen and oxygen atoms in total. The van der Waals surface area contributed by atoms with Crippen molar-refractivity contribution in [2.24, 2.45) is 5.92 Å². The second kappa shape index (κ2) is 7.54. The monoisotopic (exact) mass is 389 g/mol.